The van der Waals surface area contributed by atoms with Crippen LogP contribution in [0.5, 0.6) is 0 Å². The number of hydrogen-bond acceptors (Lipinski definition) is 3. The summed E-state index contributed by atoms with van der Waals surface area (Å²) in [5.41, 5.74) is 9.19. The minimum Gasteiger partial charge on any atom is -0.319 e. The Morgan fingerprint density at radius 3 is 2.58 bits per heavy atom. The molecule has 0 saturated carbocycles. The summed E-state index contributed by atoms with van der Waals surface area (Å²) in [5.74, 6) is 0. The molecule has 3 aromatic rings. The third-order valence-electron chi connectivity index (χ3n) is 3.16. The van der Waals surface area contributed by atoms with E-state index in [1.165, 1.54) is 0 Å². The summed E-state index contributed by atoms with van der Waals surface area (Å²) in [6.45, 7) is 0. The Balaban J connectivity index is 1.92. The molecule has 2 N–H and O–H groups in total. The first kappa shape index (κ1) is 11.7. The lowest BCUT2D eigenvalue weighted by molar-refractivity contribution is 0.673. The summed E-state index contributed by atoms with van der Waals surface area (Å²) >= 11 is 0. The van der Waals surface area contributed by atoms with Crippen molar-refractivity contribution in [2.45, 2.75) is 6.04 Å². The summed E-state index contributed by atoms with van der Waals surface area (Å²) in [5, 5.41) is 8.49. The maximum atomic E-state index is 6.24. The molecule has 96 valence electrons. The molecule has 5 nitrogen and oxygen atoms in total. The lowest BCUT2D eigenvalue weighted by atomic mass is 10.1. The number of aromatic nitrogens is 4. The molecule has 0 aliphatic heterocycles. The van der Waals surface area contributed by atoms with E-state index in [2.05, 4.69) is 10.2 Å². The van der Waals surface area contributed by atoms with Crippen molar-refractivity contribution in [1.82, 2.24) is 19.6 Å². The smallest absolute Gasteiger partial charge is 0.0754 e. The van der Waals surface area contributed by atoms with Crippen molar-refractivity contribution in [3.05, 3.63) is 66.2 Å². The van der Waals surface area contributed by atoms with E-state index in [-0.39, 0.29) is 6.04 Å². The predicted molar refractivity (Wildman–Crippen MR) is 72.8 cm³/mol. The fraction of sp³-hybridized carbons (Fsp3) is 0.143. The molecule has 5 heteroatoms. The van der Waals surface area contributed by atoms with Crippen molar-refractivity contribution < 1.29 is 0 Å². The highest BCUT2D eigenvalue weighted by Gasteiger charge is 2.14. The molecule has 0 bridgehead atoms. The predicted octanol–water partition coefficient (Wildman–Crippen LogP) is 1.65. The maximum Gasteiger partial charge on any atom is 0.0754 e. The van der Waals surface area contributed by atoms with Crippen molar-refractivity contribution in [2.75, 3.05) is 0 Å². The Kier molecular flexibility index (Phi) is 2.89. The number of nitrogens with two attached hydrogens (primary N) is 1. The molecular weight excluding hydrogens is 238 g/mol. The highest BCUT2D eigenvalue weighted by atomic mass is 15.3. The van der Waals surface area contributed by atoms with Crippen LogP contribution in [-0.2, 0) is 7.05 Å². The number of benzene rings is 1. The third kappa shape index (κ3) is 2.15. The summed E-state index contributed by atoms with van der Waals surface area (Å²) < 4.78 is 3.61. The zero-order chi connectivity index (χ0) is 13.2. The Morgan fingerprint density at radius 1 is 1.11 bits per heavy atom. The van der Waals surface area contributed by atoms with Crippen LogP contribution in [0.2, 0.25) is 0 Å². The summed E-state index contributed by atoms with van der Waals surface area (Å²) in [6, 6.07) is 11.7. The number of rotatable bonds is 3. The summed E-state index contributed by atoms with van der Waals surface area (Å²) in [4.78, 5) is 0. The van der Waals surface area contributed by atoms with E-state index in [4.69, 9.17) is 5.73 Å². The van der Waals surface area contributed by atoms with Gasteiger partial charge in [0, 0.05) is 25.0 Å². The second-order valence-electron chi connectivity index (χ2n) is 4.41. The molecule has 0 aliphatic carbocycles. The van der Waals surface area contributed by atoms with E-state index in [0.717, 1.165) is 16.9 Å². The average molecular weight is 253 g/mol. The molecule has 3 rings (SSSR count). The van der Waals surface area contributed by atoms with Gasteiger partial charge in [0.25, 0.3) is 0 Å². The second kappa shape index (κ2) is 4.70. The molecule has 2 aromatic heterocycles. The van der Waals surface area contributed by atoms with E-state index in [9.17, 15) is 0 Å². The maximum absolute atomic E-state index is 6.24. The van der Waals surface area contributed by atoms with Crippen molar-refractivity contribution in [2.24, 2.45) is 12.8 Å². The van der Waals surface area contributed by atoms with Gasteiger partial charge < -0.3 is 5.73 Å². The van der Waals surface area contributed by atoms with Gasteiger partial charge in [0.15, 0.2) is 0 Å². The van der Waals surface area contributed by atoms with E-state index in [0.29, 0.717) is 0 Å². The number of para-hydroxylation sites is 1. The fourth-order valence-electron chi connectivity index (χ4n) is 2.08. The van der Waals surface area contributed by atoms with Gasteiger partial charge in [0.05, 0.1) is 23.6 Å². The molecule has 0 amide bonds. The molecular formula is C14H15N5. The van der Waals surface area contributed by atoms with Crippen LogP contribution < -0.4 is 5.73 Å². The summed E-state index contributed by atoms with van der Waals surface area (Å²) in [7, 11) is 1.89. The second-order valence-corrected chi connectivity index (χ2v) is 4.41. The molecule has 1 aromatic carbocycles. The summed E-state index contributed by atoms with van der Waals surface area (Å²) in [6.07, 6.45) is 5.49. The zero-order valence-corrected chi connectivity index (χ0v) is 10.6. The zero-order valence-electron chi connectivity index (χ0n) is 10.6. The van der Waals surface area contributed by atoms with E-state index < -0.39 is 0 Å². The van der Waals surface area contributed by atoms with Crippen LogP contribution in [0.25, 0.3) is 5.69 Å². The van der Waals surface area contributed by atoms with Gasteiger partial charge in [-0.05, 0) is 18.2 Å². The molecule has 1 unspecified atom stereocenters. The van der Waals surface area contributed by atoms with Gasteiger partial charge >= 0.3 is 0 Å². The van der Waals surface area contributed by atoms with Gasteiger partial charge in [-0.3, -0.25) is 4.68 Å². The number of hydrogen-bond donors (Lipinski definition) is 1. The highest BCUT2D eigenvalue weighted by Crippen LogP contribution is 2.19. The van der Waals surface area contributed by atoms with Gasteiger partial charge in [-0.15, -0.1) is 0 Å². The normalized spacial score (nSPS) is 12.5. The highest BCUT2D eigenvalue weighted by molar-refractivity contribution is 5.32. The molecule has 0 saturated heterocycles. The largest absolute Gasteiger partial charge is 0.319 e. The Hall–Kier alpha value is -2.40. The van der Waals surface area contributed by atoms with E-state index in [1.54, 1.807) is 17.1 Å². The SMILES string of the molecule is Cn1nccc1C(N)c1cnn(-c2ccccc2)c1. The third-order valence-corrected chi connectivity index (χ3v) is 3.16. The number of nitrogens with zero attached hydrogens (tertiary/aromatic N) is 4. The van der Waals surface area contributed by atoms with Gasteiger partial charge in [-0.2, -0.15) is 10.2 Å². The number of aryl methyl sites for hydroxylation is 1. The van der Waals surface area contributed by atoms with E-state index >= 15 is 0 Å². The molecule has 19 heavy (non-hydrogen) atoms. The fourth-order valence-corrected chi connectivity index (χ4v) is 2.08. The van der Waals surface area contributed by atoms with Gasteiger partial charge in [0.1, 0.15) is 0 Å². The minimum atomic E-state index is -0.218. The molecule has 1 atom stereocenters. The van der Waals surface area contributed by atoms with E-state index in [1.807, 2.05) is 54.3 Å². The Bertz CT molecular complexity index is 668. The quantitative estimate of drug-likeness (QED) is 0.772. The Labute approximate surface area is 111 Å². The van der Waals surface area contributed by atoms with Crippen LogP contribution >= 0.6 is 0 Å². The van der Waals surface area contributed by atoms with Gasteiger partial charge in [-0.25, -0.2) is 4.68 Å². The standard InChI is InChI=1S/C14H15N5/c1-18-13(7-8-16-18)14(15)11-9-17-19(10-11)12-5-3-2-4-6-12/h2-10,14H,15H2,1H3. The van der Waals surface area contributed by atoms with Crippen LogP contribution in [0.1, 0.15) is 17.3 Å². The topological polar surface area (TPSA) is 61.7 Å². The van der Waals surface area contributed by atoms with Crippen LogP contribution in [0, 0.1) is 0 Å². The molecule has 2 heterocycles. The van der Waals surface area contributed by atoms with Gasteiger partial charge in [-0.1, -0.05) is 18.2 Å². The van der Waals surface area contributed by atoms with Crippen LogP contribution in [-0.4, -0.2) is 19.6 Å². The van der Waals surface area contributed by atoms with Crippen LogP contribution in [0.4, 0.5) is 0 Å². The molecule has 0 spiro atoms. The van der Waals surface area contributed by atoms with Crippen LogP contribution in [0.15, 0.2) is 55.0 Å². The first-order chi connectivity index (χ1) is 9.25. The lowest BCUT2D eigenvalue weighted by Gasteiger charge is -2.09. The molecule has 0 fully saturated rings. The van der Waals surface area contributed by atoms with Crippen molar-refractivity contribution in [3.63, 3.8) is 0 Å². The molecule has 0 aliphatic rings. The van der Waals surface area contributed by atoms with Crippen LogP contribution in [0.3, 0.4) is 0 Å². The average Bonchev–Trinajstić information content (AvgIpc) is 3.08. The minimum absolute atomic E-state index is 0.218. The first-order valence-electron chi connectivity index (χ1n) is 6.09. The first-order valence-corrected chi connectivity index (χ1v) is 6.09. The Morgan fingerprint density at radius 2 is 1.89 bits per heavy atom. The lowest BCUT2D eigenvalue weighted by Crippen LogP contribution is -2.15. The van der Waals surface area contributed by atoms with Crippen molar-refractivity contribution >= 4 is 0 Å². The van der Waals surface area contributed by atoms with Crippen molar-refractivity contribution in [3.8, 4) is 5.69 Å². The van der Waals surface area contributed by atoms with Crippen molar-refractivity contribution in [1.29, 1.82) is 0 Å². The molecule has 0 radical (unpaired) electrons. The monoisotopic (exact) mass is 253 g/mol. The van der Waals surface area contributed by atoms with Gasteiger partial charge in [0.2, 0.25) is 0 Å².